The van der Waals surface area contributed by atoms with E-state index in [4.69, 9.17) is 17.3 Å². The largest absolute Gasteiger partial charge is 0.384 e. The van der Waals surface area contributed by atoms with Crippen LogP contribution in [0.4, 0.5) is 10.2 Å². The lowest BCUT2D eigenvalue weighted by molar-refractivity contribution is -0.118. The fraction of sp³-hybridized carbons (Fsp3) is 0.185. The van der Waals surface area contributed by atoms with Crippen molar-refractivity contribution in [1.29, 1.82) is 5.26 Å². The number of piperidine rings is 1. The van der Waals surface area contributed by atoms with E-state index in [1.807, 2.05) is 31.2 Å². The van der Waals surface area contributed by atoms with E-state index in [0.717, 1.165) is 29.7 Å². The van der Waals surface area contributed by atoms with Crippen LogP contribution in [-0.2, 0) is 4.79 Å². The van der Waals surface area contributed by atoms with E-state index in [-0.39, 0.29) is 35.0 Å². The van der Waals surface area contributed by atoms with E-state index >= 15 is 0 Å². The number of nitrogens with two attached hydrogens (primary N) is 1. The second-order valence-corrected chi connectivity index (χ2v) is 9.79. The van der Waals surface area contributed by atoms with Crippen LogP contribution in [0.2, 0.25) is 5.02 Å². The van der Waals surface area contributed by atoms with Crippen LogP contribution in [0.25, 0.3) is 22.5 Å². The number of imidazole rings is 1. The first-order valence-corrected chi connectivity index (χ1v) is 12.5. The number of aromatic amines is 1. The minimum absolute atomic E-state index is 0.0893. The van der Waals surface area contributed by atoms with Crippen LogP contribution in [-0.4, -0.2) is 41.3 Å². The maximum atomic E-state index is 14.4. The van der Waals surface area contributed by atoms with Crippen molar-refractivity contribution in [3.05, 3.63) is 88.6 Å². The first kappa shape index (κ1) is 24.5. The summed E-state index contributed by atoms with van der Waals surface area (Å²) in [7, 11) is 0. The highest BCUT2D eigenvalue weighted by atomic mass is 35.5. The Kier molecular flexibility index (Phi) is 5.96. The Bertz CT molecular complexity index is 1720. The fourth-order valence-corrected chi connectivity index (χ4v) is 5.40. The molecule has 1 amide bonds. The molecule has 4 aromatic rings. The zero-order chi connectivity index (χ0) is 27.3. The molecule has 1 aliphatic carbocycles. The number of nitrogens with zero attached hydrogens (tertiary/aromatic N) is 7. The van der Waals surface area contributed by atoms with E-state index in [1.54, 1.807) is 29.3 Å². The van der Waals surface area contributed by atoms with E-state index < -0.39 is 5.95 Å². The first-order chi connectivity index (χ1) is 18.9. The molecule has 3 aromatic heterocycles. The lowest BCUT2D eigenvalue weighted by atomic mass is 10.0. The number of hydrogen-bond donors (Lipinski definition) is 2. The molecule has 0 spiro atoms. The Morgan fingerprint density at radius 1 is 1.33 bits per heavy atom. The SMILES string of the molecule is C/C=C(\C=C1\C2CC2C(c2ncc(-c3ccc(N)nc3F)[nH]2)N1C=O)c1cc(Cl)ccc1-n1cc(C#N)nn1. The van der Waals surface area contributed by atoms with Crippen LogP contribution in [0.1, 0.15) is 36.5 Å². The number of pyridine rings is 1. The number of amides is 1. The number of nitriles is 1. The predicted molar refractivity (Wildman–Crippen MR) is 141 cm³/mol. The Hall–Kier alpha value is -4.82. The summed E-state index contributed by atoms with van der Waals surface area (Å²) in [6.45, 7) is 1.90. The molecular formula is C27H21ClFN9O. The van der Waals surface area contributed by atoms with Crippen LogP contribution >= 0.6 is 11.6 Å². The maximum Gasteiger partial charge on any atom is 0.224 e. The smallest absolute Gasteiger partial charge is 0.224 e. The summed E-state index contributed by atoms with van der Waals surface area (Å²) in [6, 6.07) is 10.1. The van der Waals surface area contributed by atoms with Gasteiger partial charge in [0.05, 0.1) is 35.4 Å². The molecule has 1 saturated heterocycles. The molecule has 3 unspecified atom stereocenters. The number of aromatic nitrogens is 6. The van der Waals surface area contributed by atoms with E-state index in [9.17, 15) is 14.4 Å². The summed E-state index contributed by atoms with van der Waals surface area (Å²) in [5, 5.41) is 17.6. The van der Waals surface area contributed by atoms with Crippen molar-refractivity contribution in [2.75, 3.05) is 5.73 Å². The Morgan fingerprint density at radius 2 is 2.18 bits per heavy atom. The number of carbonyl (C=O) groups excluding carboxylic acids is 1. The highest BCUT2D eigenvalue weighted by Gasteiger charge is 2.57. The molecule has 4 heterocycles. The van der Waals surface area contributed by atoms with Crippen molar-refractivity contribution >= 4 is 29.4 Å². The lowest BCUT2D eigenvalue weighted by Crippen LogP contribution is -2.25. The number of nitrogens with one attached hydrogen (secondary N) is 1. The van der Waals surface area contributed by atoms with Crippen LogP contribution in [0.5, 0.6) is 0 Å². The third kappa shape index (κ3) is 4.24. The van der Waals surface area contributed by atoms with Gasteiger partial charge in [0.1, 0.15) is 17.7 Å². The Balaban J connectivity index is 1.35. The molecule has 1 aliphatic heterocycles. The number of halogens is 2. The highest BCUT2D eigenvalue weighted by molar-refractivity contribution is 6.30. The average molecular weight is 542 g/mol. The average Bonchev–Trinajstić information content (AvgIpc) is 3.25. The van der Waals surface area contributed by atoms with Crippen molar-refractivity contribution in [1.82, 2.24) is 34.8 Å². The number of allylic oxidation sites excluding steroid dienone is 4. The van der Waals surface area contributed by atoms with E-state index in [0.29, 0.717) is 22.2 Å². The molecule has 6 rings (SSSR count). The van der Waals surface area contributed by atoms with Gasteiger partial charge in [-0.3, -0.25) is 4.79 Å². The van der Waals surface area contributed by atoms with E-state index in [1.165, 1.54) is 16.9 Å². The molecule has 0 radical (unpaired) electrons. The lowest BCUT2D eigenvalue weighted by Gasteiger charge is -2.24. The zero-order valence-corrected chi connectivity index (χ0v) is 21.3. The molecule has 1 aromatic carbocycles. The third-order valence-electron chi connectivity index (χ3n) is 7.11. The highest BCUT2D eigenvalue weighted by Crippen LogP contribution is 2.61. The summed E-state index contributed by atoms with van der Waals surface area (Å²) in [5.41, 5.74) is 9.61. The van der Waals surface area contributed by atoms with Gasteiger partial charge in [-0.1, -0.05) is 22.9 Å². The molecule has 3 atom stereocenters. The molecule has 0 bridgehead atoms. The summed E-state index contributed by atoms with van der Waals surface area (Å²) in [6.07, 6.45) is 8.68. The van der Waals surface area contributed by atoms with Gasteiger partial charge in [0, 0.05) is 22.2 Å². The molecule has 194 valence electrons. The number of H-pyrrole nitrogens is 1. The zero-order valence-electron chi connectivity index (χ0n) is 20.6. The molecule has 10 nitrogen and oxygen atoms in total. The van der Waals surface area contributed by atoms with Crippen molar-refractivity contribution in [2.45, 2.75) is 19.4 Å². The van der Waals surface area contributed by atoms with Crippen molar-refractivity contribution < 1.29 is 9.18 Å². The maximum absolute atomic E-state index is 14.4. The molecule has 2 aliphatic rings. The minimum atomic E-state index is -0.696. The normalized spacial score (nSPS) is 21.2. The quantitative estimate of drug-likeness (QED) is 0.271. The topological polar surface area (TPSA) is 142 Å². The van der Waals surface area contributed by atoms with Gasteiger partial charge in [0.15, 0.2) is 5.69 Å². The number of anilines is 1. The number of carbonyl (C=O) groups is 1. The number of hydrogen-bond acceptors (Lipinski definition) is 7. The number of rotatable bonds is 6. The number of benzene rings is 1. The molecule has 12 heteroatoms. The third-order valence-corrected chi connectivity index (χ3v) is 7.35. The van der Waals surface area contributed by atoms with Crippen LogP contribution in [0, 0.1) is 29.1 Å². The number of likely N-dealkylation sites (tertiary alicyclic amines) is 1. The molecule has 39 heavy (non-hydrogen) atoms. The number of nitrogen functional groups attached to an aromatic ring is 1. The van der Waals surface area contributed by atoms with Gasteiger partial charge in [0.2, 0.25) is 12.4 Å². The van der Waals surface area contributed by atoms with Gasteiger partial charge in [-0.05, 0) is 61.2 Å². The molecule has 1 saturated carbocycles. The van der Waals surface area contributed by atoms with Gasteiger partial charge in [-0.2, -0.15) is 9.65 Å². The van der Waals surface area contributed by atoms with Crippen molar-refractivity contribution in [3.8, 4) is 23.0 Å². The summed E-state index contributed by atoms with van der Waals surface area (Å²) < 4.78 is 15.9. The Morgan fingerprint density at radius 3 is 2.90 bits per heavy atom. The van der Waals surface area contributed by atoms with Gasteiger partial charge in [0.25, 0.3) is 0 Å². The molecular weight excluding hydrogens is 521 g/mol. The molecule has 2 fully saturated rings. The van der Waals surface area contributed by atoms with Gasteiger partial charge >= 0.3 is 0 Å². The monoisotopic (exact) mass is 541 g/mol. The van der Waals surface area contributed by atoms with Gasteiger partial charge in [-0.15, -0.1) is 5.10 Å². The predicted octanol–water partition coefficient (Wildman–Crippen LogP) is 4.44. The second kappa shape index (κ2) is 9.49. The standard InChI is InChI=1S/C27H21ClFN9O/c1-2-14(18-8-15(28)3-5-22(18)38-12-16(10-30)35-36-38)7-23-19-9-20(19)25(37(23)13-39)27-32-11-21(33-27)17-4-6-24(31)34-26(17)29/h2-8,11-13,19-20,25H,9H2,1H3,(H2,31,34)(H,32,33)/b14-2+,23-7-. The van der Waals surface area contributed by atoms with Crippen LogP contribution < -0.4 is 5.73 Å². The Labute approximate surface area is 227 Å². The van der Waals surface area contributed by atoms with Crippen molar-refractivity contribution in [2.24, 2.45) is 11.8 Å². The van der Waals surface area contributed by atoms with Gasteiger partial charge in [-0.25, -0.2) is 14.6 Å². The van der Waals surface area contributed by atoms with E-state index in [2.05, 4.69) is 25.3 Å². The summed E-state index contributed by atoms with van der Waals surface area (Å²) in [4.78, 5) is 25.4. The van der Waals surface area contributed by atoms with Crippen LogP contribution in [0.15, 0.2) is 60.6 Å². The first-order valence-electron chi connectivity index (χ1n) is 12.1. The summed E-state index contributed by atoms with van der Waals surface area (Å²) in [5.74, 6) is 0.309. The van der Waals surface area contributed by atoms with Gasteiger partial charge < -0.3 is 15.6 Å². The van der Waals surface area contributed by atoms with Crippen LogP contribution in [0.3, 0.4) is 0 Å². The summed E-state index contributed by atoms with van der Waals surface area (Å²) >= 11 is 6.36. The molecule has 3 N–H and O–H groups in total. The number of fused-ring (bicyclic) bond motifs is 1. The minimum Gasteiger partial charge on any atom is -0.384 e. The fourth-order valence-electron chi connectivity index (χ4n) is 5.23. The van der Waals surface area contributed by atoms with Crippen molar-refractivity contribution in [3.63, 3.8) is 0 Å². The second-order valence-electron chi connectivity index (χ2n) is 9.36.